The minimum atomic E-state index is 0.803. The van der Waals surface area contributed by atoms with E-state index in [2.05, 4.69) is 16.9 Å². The lowest BCUT2D eigenvalue weighted by Gasteiger charge is -2.33. The van der Waals surface area contributed by atoms with Crippen LogP contribution in [0.15, 0.2) is 0 Å². The van der Waals surface area contributed by atoms with Crippen molar-refractivity contribution < 1.29 is 0 Å². The SMILES string of the molecule is CSCCCCCCNC1CCCC1C1CCCCN1. The number of hydrogen-bond acceptors (Lipinski definition) is 3. The van der Waals surface area contributed by atoms with Crippen molar-refractivity contribution in [2.24, 2.45) is 5.92 Å². The van der Waals surface area contributed by atoms with Gasteiger partial charge in [-0.15, -0.1) is 0 Å². The lowest BCUT2D eigenvalue weighted by molar-refractivity contribution is 0.257. The number of thioether (sulfide) groups is 1. The average molecular weight is 299 g/mol. The standard InChI is InChI=1S/C17H34N2S/c1-20-14-7-3-2-5-12-18-17-11-8-9-15(17)16-10-4-6-13-19-16/h15-19H,2-14H2,1H3. The maximum absolute atomic E-state index is 3.87. The Hall–Kier alpha value is 0.270. The van der Waals surface area contributed by atoms with Crippen LogP contribution in [-0.2, 0) is 0 Å². The largest absolute Gasteiger partial charge is 0.314 e. The molecule has 0 radical (unpaired) electrons. The highest BCUT2D eigenvalue weighted by Crippen LogP contribution is 2.31. The fourth-order valence-corrected chi connectivity index (χ4v) is 4.47. The minimum Gasteiger partial charge on any atom is -0.314 e. The number of hydrogen-bond donors (Lipinski definition) is 2. The number of nitrogens with one attached hydrogen (secondary N) is 2. The smallest absolute Gasteiger partial charge is 0.0110 e. The molecule has 3 atom stereocenters. The third-order valence-corrected chi connectivity index (χ3v) is 5.81. The first kappa shape index (κ1) is 16.6. The van der Waals surface area contributed by atoms with Crippen molar-refractivity contribution >= 4 is 11.8 Å². The molecule has 0 aromatic carbocycles. The highest BCUT2D eigenvalue weighted by molar-refractivity contribution is 7.98. The number of unbranched alkanes of at least 4 members (excludes halogenated alkanes) is 3. The first-order valence-corrected chi connectivity index (χ1v) is 10.3. The lowest BCUT2D eigenvalue weighted by atomic mass is 9.88. The Morgan fingerprint density at radius 1 is 1.00 bits per heavy atom. The molecule has 0 amide bonds. The van der Waals surface area contributed by atoms with E-state index in [1.165, 1.54) is 83.1 Å². The fraction of sp³-hybridized carbons (Fsp3) is 1.00. The maximum Gasteiger partial charge on any atom is 0.0110 e. The van der Waals surface area contributed by atoms with Crippen molar-refractivity contribution in [3.63, 3.8) is 0 Å². The molecule has 1 heterocycles. The van der Waals surface area contributed by atoms with E-state index in [9.17, 15) is 0 Å². The van der Waals surface area contributed by atoms with E-state index >= 15 is 0 Å². The first-order chi connectivity index (χ1) is 9.92. The Balaban J connectivity index is 1.57. The number of piperidine rings is 1. The van der Waals surface area contributed by atoms with Gasteiger partial charge in [0.05, 0.1) is 0 Å². The molecule has 3 unspecified atom stereocenters. The summed E-state index contributed by atoms with van der Waals surface area (Å²) >= 11 is 1.98. The van der Waals surface area contributed by atoms with Crippen LogP contribution in [-0.4, -0.2) is 37.2 Å². The molecule has 2 nitrogen and oxygen atoms in total. The van der Waals surface area contributed by atoms with Gasteiger partial charge in [0.25, 0.3) is 0 Å². The molecule has 0 aromatic heterocycles. The Morgan fingerprint density at radius 3 is 2.70 bits per heavy atom. The van der Waals surface area contributed by atoms with Crippen LogP contribution in [0.5, 0.6) is 0 Å². The van der Waals surface area contributed by atoms with Gasteiger partial charge in [-0.05, 0) is 69.5 Å². The molecule has 1 saturated carbocycles. The summed E-state index contributed by atoms with van der Waals surface area (Å²) in [4.78, 5) is 0. The zero-order chi connectivity index (χ0) is 14.0. The third kappa shape index (κ3) is 5.57. The van der Waals surface area contributed by atoms with E-state index in [0.717, 1.165) is 18.0 Å². The highest BCUT2D eigenvalue weighted by atomic mass is 32.2. The monoisotopic (exact) mass is 298 g/mol. The molecule has 1 saturated heterocycles. The van der Waals surface area contributed by atoms with Crippen LogP contribution >= 0.6 is 11.8 Å². The summed E-state index contributed by atoms with van der Waals surface area (Å²) in [5.74, 6) is 2.25. The molecule has 0 aromatic rings. The second-order valence-electron chi connectivity index (χ2n) is 6.62. The second-order valence-corrected chi connectivity index (χ2v) is 7.60. The van der Waals surface area contributed by atoms with E-state index in [1.807, 2.05) is 11.8 Å². The zero-order valence-electron chi connectivity index (χ0n) is 13.3. The fourth-order valence-electron chi connectivity index (χ4n) is 3.98. The Labute approximate surface area is 130 Å². The Bertz CT molecular complexity index is 241. The van der Waals surface area contributed by atoms with E-state index in [-0.39, 0.29) is 0 Å². The van der Waals surface area contributed by atoms with Gasteiger partial charge in [0.2, 0.25) is 0 Å². The highest BCUT2D eigenvalue weighted by Gasteiger charge is 2.33. The van der Waals surface area contributed by atoms with Gasteiger partial charge in [0.15, 0.2) is 0 Å². The molecular weight excluding hydrogens is 264 g/mol. The lowest BCUT2D eigenvalue weighted by Crippen LogP contribution is -2.47. The predicted octanol–water partition coefficient (Wildman–Crippen LogP) is 3.81. The van der Waals surface area contributed by atoms with Crippen LogP contribution in [0.4, 0.5) is 0 Å². The van der Waals surface area contributed by atoms with Crippen molar-refractivity contribution in [3.05, 3.63) is 0 Å². The van der Waals surface area contributed by atoms with Gasteiger partial charge >= 0.3 is 0 Å². The molecular formula is C17H34N2S. The van der Waals surface area contributed by atoms with Gasteiger partial charge in [-0.3, -0.25) is 0 Å². The van der Waals surface area contributed by atoms with Gasteiger partial charge in [-0.2, -0.15) is 11.8 Å². The molecule has 1 aliphatic heterocycles. The summed E-state index contributed by atoms with van der Waals surface area (Å²) in [6.07, 6.45) is 16.3. The van der Waals surface area contributed by atoms with Gasteiger partial charge in [0.1, 0.15) is 0 Å². The molecule has 0 bridgehead atoms. The molecule has 2 N–H and O–H groups in total. The molecule has 2 fully saturated rings. The molecule has 118 valence electrons. The van der Waals surface area contributed by atoms with E-state index in [4.69, 9.17) is 0 Å². The van der Waals surface area contributed by atoms with Gasteiger partial charge in [0, 0.05) is 12.1 Å². The van der Waals surface area contributed by atoms with Crippen molar-refractivity contribution in [2.45, 2.75) is 76.3 Å². The van der Waals surface area contributed by atoms with Crippen LogP contribution in [0.1, 0.15) is 64.2 Å². The maximum atomic E-state index is 3.87. The predicted molar refractivity (Wildman–Crippen MR) is 91.6 cm³/mol. The van der Waals surface area contributed by atoms with E-state index in [1.54, 1.807) is 0 Å². The summed E-state index contributed by atoms with van der Waals surface area (Å²) in [7, 11) is 0. The summed E-state index contributed by atoms with van der Waals surface area (Å²) in [6.45, 7) is 2.50. The third-order valence-electron chi connectivity index (χ3n) is 5.12. The quantitative estimate of drug-likeness (QED) is 0.633. The van der Waals surface area contributed by atoms with Gasteiger partial charge in [-0.25, -0.2) is 0 Å². The van der Waals surface area contributed by atoms with E-state index in [0.29, 0.717) is 0 Å². The van der Waals surface area contributed by atoms with Crippen LogP contribution < -0.4 is 10.6 Å². The minimum absolute atomic E-state index is 0.803. The molecule has 2 aliphatic rings. The van der Waals surface area contributed by atoms with Crippen molar-refractivity contribution in [2.75, 3.05) is 25.1 Å². The van der Waals surface area contributed by atoms with Crippen molar-refractivity contribution in [1.29, 1.82) is 0 Å². The average Bonchev–Trinajstić information content (AvgIpc) is 2.96. The summed E-state index contributed by atoms with van der Waals surface area (Å²) in [5.41, 5.74) is 0. The van der Waals surface area contributed by atoms with Gasteiger partial charge in [-0.1, -0.05) is 25.7 Å². The summed E-state index contributed by atoms with van der Waals surface area (Å²) in [5, 5.41) is 7.65. The topological polar surface area (TPSA) is 24.1 Å². The molecule has 3 heteroatoms. The zero-order valence-corrected chi connectivity index (χ0v) is 14.1. The summed E-state index contributed by atoms with van der Waals surface area (Å²) < 4.78 is 0. The molecule has 2 rings (SSSR count). The van der Waals surface area contributed by atoms with Crippen molar-refractivity contribution in [1.82, 2.24) is 10.6 Å². The normalized spacial score (nSPS) is 30.8. The molecule has 1 aliphatic carbocycles. The van der Waals surface area contributed by atoms with E-state index < -0.39 is 0 Å². The van der Waals surface area contributed by atoms with Crippen LogP contribution in [0.25, 0.3) is 0 Å². The first-order valence-electron chi connectivity index (χ1n) is 8.87. The Morgan fingerprint density at radius 2 is 1.90 bits per heavy atom. The van der Waals surface area contributed by atoms with Crippen LogP contribution in [0, 0.1) is 5.92 Å². The van der Waals surface area contributed by atoms with Crippen LogP contribution in [0.3, 0.4) is 0 Å². The van der Waals surface area contributed by atoms with Gasteiger partial charge < -0.3 is 10.6 Å². The number of rotatable bonds is 9. The molecule has 0 spiro atoms. The second kappa shape index (κ2) is 10.1. The van der Waals surface area contributed by atoms with Crippen molar-refractivity contribution in [3.8, 4) is 0 Å². The Kier molecular flexibility index (Phi) is 8.38. The summed E-state index contributed by atoms with van der Waals surface area (Å²) in [6, 6.07) is 1.61. The molecule has 20 heavy (non-hydrogen) atoms. The van der Waals surface area contributed by atoms with Crippen LogP contribution in [0.2, 0.25) is 0 Å².